The SMILES string of the molecule is C1=CCCC=C1.[H-].[Na+]. The second-order valence-electron chi connectivity index (χ2n) is 1.43. The van der Waals surface area contributed by atoms with Gasteiger partial charge in [-0.15, -0.1) is 0 Å². The minimum absolute atomic E-state index is 0. The van der Waals surface area contributed by atoms with Gasteiger partial charge in [0.15, 0.2) is 0 Å². The van der Waals surface area contributed by atoms with Gasteiger partial charge in [-0.05, 0) is 12.8 Å². The largest absolute Gasteiger partial charge is 1.00 e. The fourth-order valence-corrected chi connectivity index (χ4v) is 0.542. The maximum Gasteiger partial charge on any atom is 1.00 e. The van der Waals surface area contributed by atoms with Crippen LogP contribution in [0.15, 0.2) is 24.3 Å². The molecule has 0 saturated carbocycles. The van der Waals surface area contributed by atoms with Gasteiger partial charge in [0.05, 0.1) is 0 Å². The van der Waals surface area contributed by atoms with Crippen molar-refractivity contribution in [2.45, 2.75) is 12.8 Å². The molecule has 0 aromatic carbocycles. The Morgan fingerprint density at radius 2 is 1.43 bits per heavy atom. The fourth-order valence-electron chi connectivity index (χ4n) is 0.542. The summed E-state index contributed by atoms with van der Waals surface area (Å²) < 4.78 is 0. The number of hydrogen-bond acceptors (Lipinski definition) is 0. The van der Waals surface area contributed by atoms with Crippen LogP contribution in [0.2, 0.25) is 0 Å². The molecule has 1 rings (SSSR count). The van der Waals surface area contributed by atoms with Crippen molar-refractivity contribution in [1.29, 1.82) is 0 Å². The predicted octanol–water partition coefficient (Wildman–Crippen LogP) is -0.991. The van der Waals surface area contributed by atoms with E-state index in [4.69, 9.17) is 0 Å². The van der Waals surface area contributed by atoms with E-state index in [1.165, 1.54) is 12.8 Å². The van der Waals surface area contributed by atoms with Gasteiger partial charge >= 0.3 is 29.6 Å². The minimum atomic E-state index is 0. The van der Waals surface area contributed by atoms with E-state index in [1.807, 2.05) is 0 Å². The summed E-state index contributed by atoms with van der Waals surface area (Å²) in [5.74, 6) is 0. The summed E-state index contributed by atoms with van der Waals surface area (Å²) in [5.41, 5.74) is 0. The maximum atomic E-state index is 2.18. The van der Waals surface area contributed by atoms with Gasteiger partial charge in [-0.3, -0.25) is 0 Å². The van der Waals surface area contributed by atoms with E-state index in [2.05, 4.69) is 24.3 Å². The predicted molar refractivity (Wildman–Crippen MR) is 28.6 cm³/mol. The smallest absolute Gasteiger partial charge is 1.00 e. The summed E-state index contributed by atoms with van der Waals surface area (Å²) in [4.78, 5) is 0. The zero-order chi connectivity index (χ0) is 4.24. The van der Waals surface area contributed by atoms with E-state index in [-0.39, 0.29) is 31.0 Å². The first-order chi connectivity index (χ1) is 3.00. The molecule has 0 atom stereocenters. The van der Waals surface area contributed by atoms with Crippen LogP contribution in [0.25, 0.3) is 0 Å². The topological polar surface area (TPSA) is 0 Å². The summed E-state index contributed by atoms with van der Waals surface area (Å²) in [5, 5.41) is 0. The van der Waals surface area contributed by atoms with Gasteiger partial charge in [-0.2, -0.15) is 0 Å². The Morgan fingerprint density at radius 1 is 1.00 bits per heavy atom. The van der Waals surface area contributed by atoms with Crippen molar-refractivity contribution in [1.82, 2.24) is 0 Å². The molecular weight excluding hydrogens is 95.1 g/mol. The van der Waals surface area contributed by atoms with E-state index >= 15 is 0 Å². The van der Waals surface area contributed by atoms with Gasteiger partial charge in [0.25, 0.3) is 0 Å². The number of hydrogen-bond donors (Lipinski definition) is 0. The van der Waals surface area contributed by atoms with Crippen LogP contribution in [0.5, 0.6) is 0 Å². The molecule has 1 aliphatic carbocycles. The minimum Gasteiger partial charge on any atom is -1.00 e. The molecule has 0 aliphatic heterocycles. The molecule has 0 amide bonds. The van der Waals surface area contributed by atoms with E-state index in [1.54, 1.807) is 0 Å². The normalized spacial score (nSPS) is 16.0. The summed E-state index contributed by atoms with van der Waals surface area (Å²) in [7, 11) is 0. The molecule has 0 unspecified atom stereocenters. The maximum absolute atomic E-state index is 2.18. The summed E-state index contributed by atoms with van der Waals surface area (Å²) >= 11 is 0. The Kier molecular flexibility index (Phi) is 4.95. The molecule has 7 heavy (non-hydrogen) atoms. The van der Waals surface area contributed by atoms with Crippen LogP contribution in [0.1, 0.15) is 14.3 Å². The number of allylic oxidation sites excluding steroid dienone is 4. The van der Waals surface area contributed by atoms with E-state index in [0.29, 0.717) is 0 Å². The van der Waals surface area contributed by atoms with Crippen molar-refractivity contribution in [2.24, 2.45) is 0 Å². The molecule has 0 saturated heterocycles. The molecule has 0 bridgehead atoms. The van der Waals surface area contributed by atoms with Crippen molar-refractivity contribution in [2.75, 3.05) is 0 Å². The Balaban J connectivity index is 0. The molecular formula is C6H9Na. The Labute approximate surface area is 68.1 Å². The standard InChI is InChI=1S/C6H8.Na.H/c1-2-4-6-5-3-1;;/h1-4H,5-6H2;;/q;+1;-1. The third kappa shape index (κ3) is 3.10. The molecule has 0 radical (unpaired) electrons. The van der Waals surface area contributed by atoms with Crippen LogP contribution in [0.3, 0.4) is 0 Å². The van der Waals surface area contributed by atoms with E-state index in [0.717, 1.165) is 0 Å². The number of rotatable bonds is 0. The van der Waals surface area contributed by atoms with Crippen molar-refractivity contribution < 1.29 is 31.0 Å². The van der Waals surface area contributed by atoms with Gasteiger partial charge in [-0.1, -0.05) is 24.3 Å². The molecule has 0 aromatic rings. The van der Waals surface area contributed by atoms with Crippen molar-refractivity contribution in [3.05, 3.63) is 24.3 Å². The van der Waals surface area contributed by atoms with Crippen molar-refractivity contribution >= 4 is 0 Å². The Bertz CT molecular complexity index is 74.5. The first-order valence-corrected chi connectivity index (χ1v) is 2.32. The Morgan fingerprint density at radius 3 is 1.57 bits per heavy atom. The molecule has 0 fully saturated rings. The zero-order valence-electron chi connectivity index (χ0n) is 5.72. The summed E-state index contributed by atoms with van der Waals surface area (Å²) in [6.45, 7) is 0. The van der Waals surface area contributed by atoms with Crippen LogP contribution in [0, 0.1) is 0 Å². The van der Waals surface area contributed by atoms with Crippen LogP contribution < -0.4 is 29.6 Å². The molecule has 1 heteroatoms. The van der Waals surface area contributed by atoms with Crippen LogP contribution in [0.4, 0.5) is 0 Å². The first-order valence-electron chi connectivity index (χ1n) is 2.32. The molecule has 1 aliphatic rings. The Hall–Kier alpha value is 0.480. The third-order valence-electron chi connectivity index (χ3n) is 0.883. The van der Waals surface area contributed by atoms with E-state index in [9.17, 15) is 0 Å². The second kappa shape index (κ2) is 4.63. The average molecular weight is 104 g/mol. The fraction of sp³-hybridized carbons (Fsp3) is 0.333. The monoisotopic (exact) mass is 104 g/mol. The average Bonchev–Trinajstić information content (AvgIpc) is 1.72. The van der Waals surface area contributed by atoms with Crippen LogP contribution >= 0.6 is 0 Å². The van der Waals surface area contributed by atoms with Crippen molar-refractivity contribution in [3.8, 4) is 0 Å². The first kappa shape index (κ1) is 7.48. The summed E-state index contributed by atoms with van der Waals surface area (Å²) in [6.07, 6.45) is 11.0. The molecule has 0 aromatic heterocycles. The van der Waals surface area contributed by atoms with Gasteiger partial charge in [0.1, 0.15) is 0 Å². The van der Waals surface area contributed by atoms with Gasteiger partial charge in [-0.25, -0.2) is 0 Å². The van der Waals surface area contributed by atoms with Crippen LogP contribution in [-0.4, -0.2) is 0 Å². The van der Waals surface area contributed by atoms with Crippen LogP contribution in [-0.2, 0) is 0 Å². The quantitative estimate of drug-likeness (QED) is 0.346. The van der Waals surface area contributed by atoms with E-state index < -0.39 is 0 Å². The second-order valence-corrected chi connectivity index (χ2v) is 1.43. The molecule has 0 spiro atoms. The zero-order valence-corrected chi connectivity index (χ0v) is 6.72. The molecule has 0 nitrogen and oxygen atoms in total. The molecule has 0 N–H and O–H groups in total. The van der Waals surface area contributed by atoms with Gasteiger partial charge < -0.3 is 1.43 Å². The third-order valence-corrected chi connectivity index (χ3v) is 0.883. The van der Waals surface area contributed by atoms with Crippen molar-refractivity contribution in [3.63, 3.8) is 0 Å². The molecule has 0 heterocycles. The van der Waals surface area contributed by atoms with Gasteiger partial charge in [0.2, 0.25) is 0 Å². The van der Waals surface area contributed by atoms with Gasteiger partial charge in [0, 0.05) is 0 Å². The molecule has 34 valence electrons. The summed E-state index contributed by atoms with van der Waals surface area (Å²) in [6, 6.07) is 0.